The molecular formula is C19H24N2O3. The Morgan fingerprint density at radius 1 is 1.12 bits per heavy atom. The number of anilines is 1. The van der Waals surface area contributed by atoms with E-state index in [2.05, 4.69) is 10.6 Å². The number of benzene rings is 2. The Kier molecular flexibility index (Phi) is 7.26. The second-order valence-corrected chi connectivity index (χ2v) is 5.39. The van der Waals surface area contributed by atoms with E-state index in [0.29, 0.717) is 26.2 Å². The molecule has 0 heterocycles. The molecule has 0 bridgehead atoms. The molecule has 5 heteroatoms. The Morgan fingerprint density at radius 2 is 1.83 bits per heavy atom. The first kappa shape index (κ1) is 18.0. The van der Waals surface area contributed by atoms with Gasteiger partial charge in [0.25, 0.3) is 0 Å². The highest BCUT2D eigenvalue weighted by Gasteiger charge is 2.09. The third-order valence-electron chi connectivity index (χ3n) is 3.61. The average Bonchev–Trinajstić information content (AvgIpc) is 2.61. The zero-order valence-corrected chi connectivity index (χ0v) is 13.9. The van der Waals surface area contributed by atoms with Gasteiger partial charge in [0.2, 0.25) is 0 Å². The fraction of sp³-hybridized carbons (Fsp3) is 0.316. The fourth-order valence-corrected chi connectivity index (χ4v) is 2.31. The van der Waals surface area contributed by atoms with Gasteiger partial charge in [0.15, 0.2) is 0 Å². The van der Waals surface area contributed by atoms with Crippen LogP contribution in [-0.2, 0) is 11.3 Å². The second-order valence-electron chi connectivity index (χ2n) is 5.39. The maximum absolute atomic E-state index is 12.0. The topological polar surface area (TPSA) is 70.6 Å². The van der Waals surface area contributed by atoms with Crippen LogP contribution in [-0.4, -0.2) is 24.3 Å². The molecule has 0 fully saturated rings. The third-order valence-corrected chi connectivity index (χ3v) is 3.61. The monoisotopic (exact) mass is 328 g/mol. The van der Waals surface area contributed by atoms with Gasteiger partial charge in [0.1, 0.15) is 0 Å². The highest BCUT2D eigenvalue weighted by molar-refractivity contribution is 5.90. The summed E-state index contributed by atoms with van der Waals surface area (Å²) in [5, 5.41) is 15.7. The highest BCUT2D eigenvalue weighted by atomic mass is 16.5. The fourth-order valence-electron chi connectivity index (χ4n) is 2.31. The molecule has 1 unspecified atom stereocenters. The van der Waals surface area contributed by atoms with Crippen molar-refractivity contribution in [3.8, 4) is 0 Å². The van der Waals surface area contributed by atoms with Crippen LogP contribution in [0.15, 0.2) is 54.6 Å². The number of nitrogens with one attached hydrogen (secondary N) is 2. The number of urea groups is 1. The SMILES string of the molecule is CCOCc1ccccc1NC(=O)NCCC(O)c1ccccc1. The molecule has 0 aromatic heterocycles. The molecule has 2 aromatic rings. The van der Waals surface area contributed by atoms with Crippen molar-refractivity contribution in [1.82, 2.24) is 5.32 Å². The van der Waals surface area contributed by atoms with E-state index in [1.807, 2.05) is 61.5 Å². The van der Waals surface area contributed by atoms with Crippen LogP contribution in [0.2, 0.25) is 0 Å². The van der Waals surface area contributed by atoms with Gasteiger partial charge in [-0.25, -0.2) is 4.79 Å². The van der Waals surface area contributed by atoms with Crippen LogP contribution in [0.4, 0.5) is 10.5 Å². The van der Waals surface area contributed by atoms with Crippen molar-refractivity contribution in [1.29, 1.82) is 0 Å². The largest absolute Gasteiger partial charge is 0.388 e. The lowest BCUT2D eigenvalue weighted by atomic mass is 10.1. The van der Waals surface area contributed by atoms with Crippen LogP contribution in [0, 0.1) is 0 Å². The van der Waals surface area contributed by atoms with Crippen molar-refractivity contribution in [2.24, 2.45) is 0 Å². The van der Waals surface area contributed by atoms with Gasteiger partial charge in [-0.2, -0.15) is 0 Å². The summed E-state index contributed by atoms with van der Waals surface area (Å²) in [7, 11) is 0. The van der Waals surface area contributed by atoms with Gasteiger partial charge in [0, 0.05) is 24.4 Å². The predicted molar refractivity (Wildman–Crippen MR) is 94.8 cm³/mol. The summed E-state index contributed by atoms with van der Waals surface area (Å²) < 4.78 is 5.40. The minimum Gasteiger partial charge on any atom is -0.388 e. The normalized spacial score (nSPS) is 11.8. The number of aliphatic hydroxyl groups excluding tert-OH is 1. The van der Waals surface area contributed by atoms with Crippen molar-refractivity contribution in [2.75, 3.05) is 18.5 Å². The lowest BCUT2D eigenvalue weighted by Crippen LogP contribution is -2.30. The summed E-state index contributed by atoms with van der Waals surface area (Å²) >= 11 is 0. The number of ether oxygens (including phenoxy) is 1. The van der Waals surface area contributed by atoms with Gasteiger partial charge in [-0.05, 0) is 25.0 Å². The Bertz CT molecular complexity index is 632. The van der Waals surface area contributed by atoms with E-state index in [4.69, 9.17) is 4.74 Å². The minimum atomic E-state index is -0.586. The minimum absolute atomic E-state index is 0.292. The number of amides is 2. The van der Waals surface area contributed by atoms with Gasteiger partial charge in [-0.1, -0.05) is 48.5 Å². The maximum atomic E-state index is 12.0. The molecule has 2 rings (SSSR count). The van der Waals surface area contributed by atoms with Crippen molar-refractivity contribution >= 4 is 11.7 Å². The van der Waals surface area contributed by atoms with E-state index in [0.717, 1.165) is 16.8 Å². The number of rotatable bonds is 8. The van der Waals surface area contributed by atoms with Crippen LogP contribution in [0.1, 0.15) is 30.6 Å². The molecule has 0 aliphatic carbocycles. The summed E-state index contributed by atoms with van der Waals surface area (Å²) in [5.41, 5.74) is 2.51. The van der Waals surface area contributed by atoms with E-state index in [1.165, 1.54) is 0 Å². The number of hydrogen-bond acceptors (Lipinski definition) is 3. The van der Waals surface area contributed by atoms with E-state index >= 15 is 0 Å². The molecule has 0 aliphatic rings. The first-order valence-electron chi connectivity index (χ1n) is 8.14. The molecule has 0 saturated carbocycles. The smallest absolute Gasteiger partial charge is 0.319 e. The average molecular weight is 328 g/mol. The van der Waals surface area contributed by atoms with Gasteiger partial charge >= 0.3 is 6.03 Å². The molecule has 0 aliphatic heterocycles. The van der Waals surface area contributed by atoms with Crippen LogP contribution in [0.3, 0.4) is 0 Å². The van der Waals surface area contributed by atoms with E-state index in [-0.39, 0.29) is 6.03 Å². The Hall–Kier alpha value is -2.37. The van der Waals surface area contributed by atoms with Gasteiger partial charge < -0.3 is 20.5 Å². The summed E-state index contributed by atoms with van der Waals surface area (Å²) in [6, 6.07) is 16.7. The second kappa shape index (κ2) is 9.70. The number of aliphatic hydroxyl groups is 1. The quantitative estimate of drug-likeness (QED) is 0.695. The van der Waals surface area contributed by atoms with Gasteiger partial charge in [-0.3, -0.25) is 0 Å². The van der Waals surface area contributed by atoms with Crippen molar-refractivity contribution in [2.45, 2.75) is 26.1 Å². The lowest BCUT2D eigenvalue weighted by molar-refractivity contribution is 0.134. The molecule has 2 aromatic carbocycles. The molecule has 24 heavy (non-hydrogen) atoms. The number of carbonyl (C=O) groups excluding carboxylic acids is 1. The molecule has 0 saturated heterocycles. The van der Waals surface area contributed by atoms with Crippen LogP contribution in [0.5, 0.6) is 0 Å². The van der Waals surface area contributed by atoms with Crippen LogP contribution >= 0.6 is 0 Å². The molecule has 128 valence electrons. The highest BCUT2D eigenvalue weighted by Crippen LogP contribution is 2.17. The lowest BCUT2D eigenvalue weighted by Gasteiger charge is -2.14. The summed E-state index contributed by atoms with van der Waals surface area (Å²) in [6.07, 6.45) is -0.130. The summed E-state index contributed by atoms with van der Waals surface area (Å²) in [4.78, 5) is 12.0. The van der Waals surface area contributed by atoms with E-state index in [9.17, 15) is 9.90 Å². The zero-order chi connectivity index (χ0) is 17.2. The molecule has 5 nitrogen and oxygen atoms in total. The first-order chi connectivity index (χ1) is 11.7. The van der Waals surface area contributed by atoms with Gasteiger partial charge in [-0.15, -0.1) is 0 Å². The first-order valence-corrected chi connectivity index (χ1v) is 8.14. The maximum Gasteiger partial charge on any atom is 0.319 e. The summed E-state index contributed by atoms with van der Waals surface area (Å²) in [5.74, 6) is 0. The Morgan fingerprint density at radius 3 is 2.58 bits per heavy atom. The third kappa shape index (κ3) is 5.68. The zero-order valence-electron chi connectivity index (χ0n) is 13.9. The molecule has 2 amide bonds. The molecule has 3 N–H and O–H groups in total. The Labute approximate surface area is 142 Å². The van der Waals surface area contributed by atoms with Crippen molar-refractivity contribution < 1.29 is 14.6 Å². The molecule has 1 atom stereocenters. The van der Waals surface area contributed by atoms with Crippen molar-refractivity contribution in [3.63, 3.8) is 0 Å². The summed E-state index contributed by atoms with van der Waals surface area (Å²) in [6.45, 7) is 3.40. The van der Waals surface area contributed by atoms with E-state index in [1.54, 1.807) is 0 Å². The molecule has 0 radical (unpaired) electrons. The van der Waals surface area contributed by atoms with Crippen LogP contribution in [0.25, 0.3) is 0 Å². The molecule has 0 spiro atoms. The standard InChI is InChI=1S/C19H24N2O3/c1-2-24-14-16-10-6-7-11-17(16)21-19(23)20-13-12-18(22)15-8-4-3-5-9-15/h3-11,18,22H,2,12-14H2,1H3,(H2,20,21,23). The van der Waals surface area contributed by atoms with Crippen LogP contribution < -0.4 is 10.6 Å². The van der Waals surface area contributed by atoms with Crippen molar-refractivity contribution in [3.05, 3.63) is 65.7 Å². The van der Waals surface area contributed by atoms with E-state index < -0.39 is 6.10 Å². The Balaban J connectivity index is 1.79. The molecular weight excluding hydrogens is 304 g/mol. The number of carbonyl (C=O) groups is 1. The number of para-hydroxylation sites is 1. The van der Waals surface area contributed by atoms with Gasteiger partial charge in [0.05, 0.1) is 12.7 Å². The predicted octanol–water partition coefficient (Wildman–Crippen LogP) is 3.47. The number of hydrogen-bond donors (Lipinski definition) is 3.